The summed E-state index contributed by atoms with van der Waals surface area (Å²) < 4.78 is 0. The molecule has 8 heteroatoms. The van der Waals surface area contributed by atoms with Gasteiger partial charge in [0, 0.05) is 23.7 Å². The van der Waals surface area contributed by atoms with Crippen LogP contribution in [0.5, 0.6) is 0 Å². The first-order valence-corrected chi connectivity index (χ1v) is 9.34. The van der Waals surface area contributed by atoms with Crippen LogP contribution in [0.25, 0.3) is 6.08 Å². The summed E-state index contributed by atoms with van der Waals surface area (Å²) in [5, 5.41) is 5.09. The molecular weight excluding hydrogens is 388 g/mol. The van der Waals surface area contributed by atoms with Crippen LogP contribution in [0.3, 0.4) is 0 Å². The van der Waals surface area contributed by atoms with Gasteiger partial charge in [-0.05, 0) is 55.0 Å². The maximum absolute atomic E-state index is 12.1. The fourth-order valence-electron chi connectivity index (χ4n) is 2.17. The number of aryl methyl sites for hydroxylation is 1. The molecule has 2 aromatic rings. The number of hydrazine groups is 1. The van der Waals surface area contributed by atoms with Gasteiger partial charge in [0.25, 0.3) is 5.91 Å². The van der Waals surface area contributed by atoms with Crippen LogP contribution in [-0.2, 0) is 9.59 Å². The van der Waals surface area contributed by atoms with Crippen molar-refractivity contribution in [3.8, 4) is 0 Å². The lowest BCUT2D eigenvalue weighted by Crippen LogP contribution is -2.48. The number of hydrogen-bond acceptors (Lipinski definition) is 4. The van der Waals surface area contributed by atoms with E-state index in [2.05, 4.69) is 21.5 Å². The third kappa shape index (κ3) is 7.55. The van der Waals surface area contributed by atoms with Gasteiger partial charge in [-0.3, -0.25) is 30.6 Å². The number of thiocarbonyl (C=S) groups is 1. The van der Waals surface area contributed by atoms with Crippen LogP contribution in [0.15, 0.2) is 54.6 Å². The van der Waals surface area contributed by atoms with E-state index in [0.717, 1.165) is 11.1 Å². The highest BCUT2D eigenvalue weighted by Gasteiger charge is 2.07. The summed E-state index contributed by atoms with van der Waals surface area (Å²) in [4.78, 5) is 35.4. The molecule has 29 heavy (non-hydrogen) atoms. The third-order valence-electron chi connectivity index (χ3n) is 3.78. The topological polar surface area (TPSA) is 99.3 Å². The van der Waals surface area contributed by atoms with Gasteiger partial charge in [-0.1, -0.05) is 36.8 Å². The van der Waals surface area contributed by atoms with E-state index in [9.17, 15) is 14.4 Å². The van der Waals surface area contributed by atoms with Gasteiger partial charge < -0.3 is 5.32 Å². The zero-order valence-corrected chi connectivity index (χ0v) is 16.9. The van der Waals surface area contributed by atoms with Gasteiger partial charge in [0.1, 0.15) is 0 Å². The average Bonchev–Trinajstić information content (AvgIpc) is 2.72. The van der Waals surface area contributed by atoms with E-state index in [0.29, 0.717) is 17.7 Å². The summed E-state index contributed by atoms with van der Waals surface area (Å²) in [6.45, 7) is 3.74. The molecule has 0 spiro atoms. The molecule has 3 amide bonds. The van der Waals surface area contributed by atoms with Crippen LogP contribution in [0.1, 0.15) is 34.8 Å². The van der Waals surface area contributed by atoms with E-state index in [1.807, 2.05) is 31.2 Å². The van der Waals surface area contributed by atoms with E-state index in [1.165, 1.54) is 6.08 Å². The zero-order valence-electron chi connectivity index (χ0n) is 16.1. The predicted molar refractivity (Wildman–Crippen MR) is 117 cm³/mol. The summed E-state index contributed by atoms with van der Waals surface area (Å²) in [5.74, 6) is -0.972. The van der Waals surface area contributed by atoms with Crippen LogP contribution in [-0.4, -0.2) is 22.8 Å². The van der Waals surface area contributed by atoms with Crippen molar-refractivity contribution in [2.75, 3.05) is 5.32 Å². The molecule has 7 nitrogen and oxygen atoms in total. The van der Waals surface area contributed by atoms with Crippen molar-refractivity contribution < 1.29 is 14.4 Å². The summed E-state index contributed by atoms with van der Waals surface area (Å²) in [6, 6.07) is 14.1. The molecular formula is C21H22N4O3S. The maximum Gasteiger partial charge on any atom is 0.269 e. The molecule has 150 valence electrons. The van der Waals surface area contributed by atoms with Gasteiger partial charge in [0.15, 0.2) is 5.11 Å². The van der Waals surface area contributed by atoms with Crippen molar-refractivity contribution in [2.24, 2.45) is 0 Å². The highest BCUT2D eigenvalue weighted by molar-refractivity contribution is 7.80. The van der Waals surface area contributed by atoms with Crippen LogP contribution >= 0.6 is 12.2 Å². The molecule has 0 radical (unpaired) electrons. The Morgan fingerprint density at radius 1 is 0.966 bits per heavy atom. The lowest BCUT2D eigenvalue weighted by molar-refractivity contribution is -0.116. The zero-order chi connectivity index (χ0) is 21.2. The van der Waals surface area contributed by atoms with Crippen molar-refractivity contribution in [1.29, 1.82) is 0 Å². The van der Waals surface area contributed by atoms with Gasteiger partial charge in [0.2, 0.25) is 11.8 Å². The minimum absolute atomic E-state index is 0.0382. The van der Waals surface area contributed by atoms with Crippen LogP contribution < -0.4 is 21.5 Å². The molecule has 0 fully saturated rings. The summed E-state index contributed by atoms with van der Waals surface area (Å²) in [5.41, 5.74) is 7.85. The number of carbonyl (C=O) groups is 3. The molecule has 0 aliphatic carbocycles. The summed E-state index contributed by atoms with van der Waals surface area (Å²) >= 11 is 4.99. The van der Waals surface area contributed by atoms with Crippen molar-refractivity contribution in [2.45, 2.75) is 20.3 Å². The summed E-state index contributed by atoms with van der Waals surface area (Å²) in [7, 11) is 0. The Hall–Kier alpha value is -3.52. The van der Waals surface area contributed by atoms with E-state index in [4.69, 9.17) is 12.2 Å². The maximum atomic E-state index is 12.1. The number of rotatable bonds is 5. The quantitative estimate of drug-likeness (QED) is 0.345. The third-order valence-corrected chi connectivity index (χ3v) is 3.99. The van der Waals surface area contributed by atoms with Crippen LogP contribution in [0.2, 0.25) is 0 Å². The second-order valence-corrected chi connectivity index (χ2v) is 6.53. The fourth-order valence-corrected chi connectivity index (χ4v) is 2.33. The Morgan fingerprint density at radius 3 is 2.24 bits per heavy atom. The molecule has 4 N–H and O–H groups in total. The predicted octanol–water partition coefficient (Wildman–Crippen LogP) is 2.69. The number of hydrogen-bond donors (Lipinski definition) is 4. The SMILES string of the molecule is CCC(=O)Nc1ccc(C(=O)NNC(=S)NC(=O)/C=C/c2ccc(C)cc2)cc1. The van der Waals surface area contributed by atoms with Crippen molar-refractivity contribution in [3.63, 3.8) is 0 Å². The molecule has 0 aliphatic heterocycles. The molecule has 0 saturated heterocycles. The Balaban J connectivity index is 1.79. The number of benzene rings is 2. The second-order valence-electron chi connectivity index (χ2n) is 6.12. The van der Waals surface area contributed by atoms with E-state index < -0.39 is 11.8 Å². The van der Waals surface area contributed by atoms with Crippen molar-refractivity contribution in [3.05, 3.63) is 71.3 Å². The van der Waals surface area contributed by atoms with Crippen molar-refractivity contribution in [1.82, 2.24) is 16.2 Å². The molecule has 0 heterocycles. The number of carbonyl (C=O) groups excluding carboxylic acids is 3. The Kier molecular flexibility index (Phi) is 8.05. The monoisotopic (exact) mass is 410 g/mol. The van der Waals surface area contributed by atoms with Gasteiger partial charge in [-0.15, -0.1) is 0 Å². The molecule has 2 aromatic carbocycles. The minimum Gasteiger partial charge on any atom is -0.326 e. The van der Waals surface area contributed by atoms with Crippen LogP contribution in [0.4, 0.5) is 5.69 Å². The first kappa shape index (κ1) is 21.8. The van der Waals surface area contributed by atoms with Gasteiger partial charge in [-0.25, -0.2) is 0 Å². The molecule has 2 rings (SSSR count). The minimum atomic E-state index is -0.440. The first-order chi connectivity index (χ1) is 13.9. The lowest BCUT2D eigenvalue weighted by atomic mass is 10.1. The Morgan fingerprint density at radius 2 is 1.62 bits per heavy atom. The van der Waals surface area contributed by atoms with E-state index in [1.54, 1.807) is 37.3 Å². The standard InChI is InChI=1S/C21H22N4O3S/c1-3-18(26)22-17-11-9-16(10-12-17)20(28)24-25-21(29)23-19(27)13-8-15-6-4-14(2)5-7-15/h4-13H,3H2,1-2H3,(H,22,26)(H,24,28)(H2,23,25,27,29)/b13-8+. The number of anilines is 1. The first-order valence-electron chi connectivity index (χ1n) is 8.93. The normalized spacial score (nSPS) is 10.3. The highest BCUT2D eigenvalue weighted by atomic mass is 32.1. The molecule has 0 atom stereocenters. The average molecular weight is 410 g/mol. The second kappa shape index (κ2) is 10.7. The van der Waals surface area contributed by atoms with Gasteiger partial charge in [-0.2, -0.15) is 0 Å². The van der Waals surface area contributed by atoms with Crippen LogP contribution in [0, 0.1) is 6.92 Å². The Bertz CT molecular complexity index is 922. The van der Waals surface area contributed by atoms with E-state index >= 15 is 0 Å². The molecule has 0 bridgehead atoms. The highest BCUT2D eigenvalue weighted by Crippen LogP contribution is 2.09. The van der Waals surface area contributed by atoms with Gasteiger partial charge >= 0.3 is 0 Å². The largest absolute Gasteiger partial charge is 0.326 e. The molecule has 0 unspecified atom stereocenters. The number of nitrogens with one attached hydrogen (secondary N) is 4. The molecule has 0 aliphatic rings. The van der Waals surface area contributed by atoms with E-state index in [-0.39, 0.29) is 11.0 Å². The van der Waals surface area contributed by atoms with Crippen molar-refractivity contribution >= 4 is 46.8 Å². The summed E-state index contributed by atoms with van der Waals surface area (Å²) in [6.07, 6.45) is 3.38. The Labute approximate surface area is 174 Å². The number of amides is 3. The van der Waals surface area contributed by atoms with Gasteiger partial charge in [0.05, 0.1) is 0 Å². The smallest absolute Gasteiger partial charge is 0.269 e. The molecule has 0 aromatic heterocycles. The lowest BCUT2D eigenvalue weighted by Gasteiger charge is -2.10. The fraction of sp³-hybridized carbons (Fsp3) is 0.143. The molecule has 0 saturated carbocycles.